The first-order chi connectivity index (χ1) is 6.18. The molecule has 4 heteroatoms. The molecule has 0 saturated carbocycles. The zero-order valence-electron chi connectivity index (χ0n) is 7.90. The van der Waals surface area contributed by atoms with Gasteiger partial charge in [-0.25, -0.2) is 4.98 Å². The average molecular weight is 182 g/mol. The van der Waals surface area contributed by atoms with Crippen molar-refractivity contribution in [3.05, 3.63) is 17.7 Å². The molecule has 1 aliphatic heterocycles. The van der Waals surface area contributed by atoms with Crippen LogP contribution >= 0.6 is 0 Å². The molecule has 2 rings (SSSR count). The molecule has 2 heterocycles. The minimum absolute atomic E-state index is 0.0555. The summed E-state index contributed by atoms with van der Waals surface area (Å²) in [7, 11) is 1.95. The Labute approximate surface area is 77.2 Å². The van der Waals surface area contributed by atoms with Crippen molar-refractivity contribution in [1.29, 1.82) is 0 Å². The van der Waals surface area contributed by atoms with Gasteiger partial charge in [0.25, 0.3) is 0 Å². The molecule has 0 radical (unpaired) electrons. The Kier molecular flexibility index (Phi) is 2.09. The lowest BCUT2D eigenvalue weighted by atomic mass is 10.0. The summed E-state index contributed by atoms with van der Waals surface area (Å²) in [6.45, 7) is 2.96. The molecular formula is C9H14N2O2. The highest BCUT2D eigenvalue weighted by Gasteiger charge is 2.29. The highest BCUT2D eigenvalue weighted by molar-refractivity contribution is 5.12. The molecule has 1 aliphatic rings. The van der Waals surface area contributed by atoms with E-state index in [0.29, 0.717) is 13.2 Å². The molecule has 0 aliphatic carbocycles. The van der Waals surface area contributed by atoms with Crippen molar-refractivity contribution in [3.63, 3.8) is 0 Å². The monoisotopic (exact) mass is 182 g/mol. The van der Waals surface area contributed by atoms with Crippen molar-refractivity contribution >= 4 is 0 Å². The topological polar surface area (TPSA) is 47.3 Å². The first kappa shape index (κ1) is 8.72. The number of imidazole rings is 1. The van der Waals surface area contributed by atoms with Gasteiger partial charge in [-0.2, -0.15) is 0 Å². The van der Waals surface area contributed by atoms with Gasteiger partial charge in [0, 0.05) is 13.2 Å². The van der Waals surface area contributed by atoms with Crippen molar-refractivity contribution < 1.29 is 9.84 Å². The normalized spacial score (nSPS) is 28.2. The standard InChI is InChI=1S/C9H14N2O2/c1-6-10-8(3-11(6)2)7-4-13-5-9(7)12/h3,7,9,12H,4-5H2,1-2H3. The molecular weight excluding hydrogens is 168 g/mol. The van der Waals surface area contributed by atoms with Gasteiger partial charge in [0.15, 0.2) is 0 Å². The van der Waals surface area contributed by atoms with E-state index >= 15 is 0 Å². The third-order valence-electron chi connectivity index (χ3n) is 2.56. The van der Waals surface area contributed by atoms with Crippen LogP contribution in [0.25, 0.3) is 0 Å². The molecule has 0 aromatic carbocycles. The van der Waals surface area contributed by atoms with E-state index in [4.69, 9.17) is 4.74 Å². The van der Waals surface area contributed by atoms with Crippen LogP contribution in [-0.4, -0.2) is 34.0 Å². The maximum atomic E-state index is 9.57. The predicted octanol–water partition coefficient (Wildman–Crippen LogP) is 0.203. The molecule has 0 bridgehead atoms. The van der Waals surface area contributed by atoms with Gasteiger partial charge in [-0.05, 0) is 6.92 Å². The van der Waals surface area contributed by atoms with E-state index < -0.39 is 6.10 Å². The quantitative estimate of drug-likeness (QED) is 0.675. The summed E-state index contributed by atoms with van der Waals surface area (Å²) in [5.74, 6) is 1.02. The second-order valence-electron chi connectivity index (χ2n) is 3.54. The Morgan fingerprint density at radius 2 is 2.38 bits per heavy atom. The van der Waals surface area contributed by atoms with Crippen LogP contribution in [0.2, 0.25) is 0 Å². The number of ether oxygens (including phenoxy) is 1. The van der Waals surface area contributed by atoms with Gasteiger partial charge < -0.3 is 14.4 Å². The lowest BCUT2D eigenvalue weighted by Crippen LogP contribution is -2.15. The Balaban J connectivity index is 2.24. The number of nitrogens with zero attached hydrogens (tertiary/aromatic N) is 2. The van der Waals surface area contributed by atoms with Crippen LogP contribution in [-0.2, 0) is 11.8 Å². The van der Waals surface area contributed by atoms with E-state index in [2.05, 4.69) is 4.98 Å². The van der Waals surface area contributed by atoms with Gasteiger partial charge in [0.2, 0.25) is 0 Å². The zero-order chi connectivity index (χ0) is 9.42. The third kappa shape index (κ3) is 1.47. The van der Waals surface area contributed by atoms with Crippen LogP contribution in [0.1, 0.15) is 17.4 Å². The summed E-state index contributed by atoms with van der Waals surface area (Å²) in [6, 6.07) is 0. The molecule has 1 aromatic rings. The number of hydrogen-bond acceptors (Lipinski definition) is 3. The first-order valence-corrected chi connectivity index (χ1v) is 4.44. The minimum atomic E-state index is -0.394. The van der Waals surface area contributed by atoms with Crippen molar-refractivity contribution in [2.24, 2.45) is 7.05 Å². The lowest BCUT2D eigenvalue weighted by molar-refractivity contribution is 0.124. The number of hydrogen-bond donors (Lipinski definition) is 1. The van der Waals surface area contributed by atoms with Gasteiger partial charge in [-0.3, -0.25) is 0 Å². The molecule has 2 unspecified atom stereocenters. The van der Waals surface area contributed by atoms with Gasteiger partial charge in [-0.15, -0.1) is 0 Å². The molecule has 1 aromatic heterocycles. The summed E-state index contributed by atoms with van der Waals surface area (Å²) in [6.07, 6.45) is 1.56. The maximum Gasteiger partial charge on any atom is 0.105 e. The summed E-state index contributed by atoms with van der Waals surface area (Å²) in [5.41, 5.74) is 0.935. The van der Waals surface area contributed by atoms with Gasteiger partial charge in [-0.1, -0.05) is 0 Å². The minimum Gasteiger partial charge on any atom is -0.390 e. The van der Waals surface area contributed by atoms with E-state index in [1.54, 1.807) is 0 Å². The van der Waals surface area contributed by atoms with Gasteiger partial charge in [0.05, 0.1) is 30.9 Å². The first-order valence-electron chi connectivity index (χ1n) is 4.44. The van der Waals surface area contributed by atoms with Crippen LogP contribution in [0.3, 0.4) is 0 Å². The second kappa shape index (κ2) is 3.12. The van der Waals surface area contributed by atoms with Gasteiger partial charge >= 0.3 is 0 Å². The van der Waals surface area contributed by atoms with E-state index in [-0.39, 0.29) is 5.92 Å². The Morgan fingerprint density at radius 3 is 2.85 bits per heavy atom. The number of aryl methyl sites for hydroxylation is 2. The van der Waals surface area contributed by atoms with Crippen LogP contribution in [0.5, 0.6) is 0 Å². The Morgan fingerprint density at radius 1 is 1.62 bits per heavy atom. The lowest BCUT2D eigenvalue weighted by Gasteiger charge is -2.07. The van der Waals surface area contributed by atoms with E-state index in [1.807, 2.05) is 24.7 Å². The van der Waals surface area contributed by atoms with Crippen molar-refractivity contribution in [3.8, 4) is 0 Å². The van der Waals surface area contributed by atoms with Crippen LogP contribution in [0.15, 0.2) is 6.20 Å². The highest BCUT2D eigenvalue weighted by Crippen LogP contribution is 2.24. The molecule has 72 valence electrons. The molecule has 1 saturated heterocycles. The third-order valence-corrected chi connectivity index (χ3v) is 2.56. The SMILES string of the molecule is Cc1nc(C2COCC2O)cn1C. The fraction of sp³-hybridized carbons (Fsp3) is 0.667. The number of rotatable bonds is 1. The smallest absolute Gasteiger partial charge is 0.105 e. The molecule has 0 amide bonds. The fourth-order valence-electron chi connectivity index (χ4n) is 1.59. The molecule has 0 spiro atoms. The van der Waals surface area contributed by atoms with E-state index in [9.17, 15) is 5.11 Å². The largest absolute Gasteiger partial charge is 0.390 e. The molecule has 1 fully saturated rings. The zero-order valence-corrected chi connectivity index (χ0v) is 7.90. The van der Waals surface area contributed by atoms with Gasteiger partial charge in [0.1, 0.15) is 5.82 Å². The maximum absolute atomic E-state index is 9.57. The summed E-state index contributed by atoms with van der Waals surface area (Å²) in [4.78, 5) is 4.37. The fourth-order valence-corrected chi connectivity index (χ4v) is 1.59. The van der Waals surface area contributed by atoms with E-state index in [1.165, 1.54) is 0 Å². The molecule has 1 N–H and O–H groups in total. The molecule has 2 atom stereocenters. The number of aliphatic hydroxyl groups is 1. The summed E-state index contributed by atoms with van der Waals surface area (Å²) < 4.78 is 7.13. The predicted molar refractivity (Wildman–Crippen MR) is 47.5 cm³/mol. The number of aromatic nitrogens is 2. The van der Waals surface area contributed by atoms with Crippen molar-refractivity contribution in [2.75, 3.05) is 13.2 Å². The Hall–Kier alpha value is -0.870. The summed E-state index contributed by atoms with van der Waals surface area (Å²) >= 11 is 0. The highest BCUT2D eigenvalue weighted by atomic mass is 16.5. The number of aliphatic hydroxyl groups excluding tert-OH is 1. The van der Waals surface area contributed by atoms with Crippen molar-refractivity contribution in [1.82, 2.24) is 9.55 Å². The van der Waals surface area contributed by atoms with Crippen LogP contribution in [0.4, 0.5) is 0 Å². The molecule has 4 nitrogen and oxygen atoms in total. The van der Waals surface area contributed by atoms with Crippen LogP contribution in [0, 0.1) is 6.92 Å². The van der Waals surface area contributed by atoms with Crippen LogP contribution < -0.4 is 0 Å². The second-order valence-corrected chi connectivity index (χ2v) is 3.54. The van der Waals surface area contributed by atoms with Crippen molar-refractivity contribution in [2.45, 2.75) is 18.9 Å². The molecule has 13 heavy (non-hydrogen) atoms. The Bertz CT molecular complexity index is 289. The average Bonchev–Trinajstić information content (AvgIpc) is 2.60. The van der Waals surface area contributed by atoms with E-state index in [0.717, 1.165) is 11.5 Å². The summed E-state index contributed by atoms with van der Waals surface area (Å²) in [5, 5.41) is 9.57.